The molecular formula is C43H55F4N11O19P2. The minimum Gasteiger partial charge on any atom is -0.420 e. The van der Waals surface area contributed by atoms with Crippen LogP contribution in [0.1, 0.15) is 30.9 Å². The van der Waals surface area contributed by atoms with Crippen LogP contribution in [-0.4, -0.2) is 185 Å². The van der Waals surface area contributed by atoms with Gasteiger partial charge in [0.1, 0.15) is 36.6 Å². The number of aromatic nitrogens is 8. The molecule has 4 aromatic heterocycles. The average Bonchev–Trinajstić information content (AvgIpc) is 4.40. The summed E-state index contributed by atoms with van der Waals surface area (Å²) in [5.41, 5.74) is 9.07. The van der Waals surface area contributed by atoms with Gasteiger partial charge in [-0.05, 0) is 6.92 Å². The van der Waals surface area contributed by atoms with E-state index in [0.29, 0.717) is 0 Å². The smallest absolute Gasteiger partial charge is 0.328 e. The SMILES string of the molecule is Cc1c(F)c(F)c(F)c(OC(=O)CCOCCOCCOCCOCCOCCC(=O)N[C@H]2C3OP(C)(=O)OC[C@H]4O[C@@H](n5cnc6c(=O)[nH]c(N)nc65)C(O)[C@H]4OP(C)(=O)OC[C@H]3O[C@H]2n2cnc3c(=O)[nH]c(N)nc32)c1F. The Morgan fingerprint density at radius 2 is 1.15 bits per heavy atom. The molecule has 0 aliphatic carbocycles. The Morgan fingerprint density at radius 3 is 1.68 bits per heavy atom. The lowest BCUT2D eigenvalue weighted by atomic mass is 10.1. The number of ether oxygens (including phenoxy) is 8. The number of aliphatic hydroxyl groups is 1. The van der Waals surface area contributed by atoms with Gasteiger partial charge in [-0.2, -0.15) is 14.4 Å². The number of amides is 1. The number of esters is 1. The Bertz CT molecular complexity index is 3200. The maximum absolute atomic E-state index is 14.3. The van der Waals surface area contributed by atoms with E-state index in [2.05, 4.69) is 40.0 Å². The van der Waals surface area contributed by atoms with Crippen molar-refractivity contribution >= 4 is 61.3 Å². The molecule has 434 valence electrons. The molecular weight excluding hydrogens is 1110 g/mol. The first-order valence-corrected chi connectivity index (χ1v) is 28.1. The zero-order valence-electron chi connectivity index (χ0n) is 42.2. The zero-order chi connectivity index (χ0) is 56.8. The highest BCUT2D eigenvalue weighted by Crippen LogP contribution is 2.54. The van der Waals surface area contributed by atoms with Gasteiger partial charge in [0.2, 0.25) is 29.4 Å². The Labute approximate surface area is 443 Å². The number of H-pyrrole nitrogens is 2. The standard InChI is InChI=1S/C43H55F4N11O19P2/c1-20-25(44)27(46)28(47)35(26(20)45)75-24(60)5-7-67-9-11-69-13-15-70-14-12-68-10-8-66-6-4-23(59)52-29-33-21(73-40(29)57-18-50-30-36(57)53-42(48)55-38(30)62)16-71-79(3,65)77-34-22(17-72-78(2,64)76-33)74-41(32(34)61)58-19-51-31-37(58)54-43(49)56-39(31)63/h18-19,21-22,29,32-34,40-41,61H,4-17H2,1-3H3,(H,52,59)(H3,48,53,55,62)(H3,49,54,56,63)/t21-,22-,29+,32?,33?,34+,40-,41-,78?,79?/m1/s1. The molecule has 8 N–H and O–H groups in total. The fourth-order valence-corrected chi connectivity index (χ4v) is 10.7. The number of halogens is 4. The highest BCUT2D eigenvalue weighted by atomic mass is 31.2. The number of aromatic amines is 2. The third kappa shape index (κ3) is 14.2. The van der Waals surface area contributed by atoms with Crippen LogP contribution in [0.5, 0.6) is 5.75 Å². The summed E-state index contributed by atoms with van der Waals surface area (Å²) in [6.07, 6.45) is -8.05. The number of hydrogen-bond donors (Lipinski definition) is 6. The molecule has 36 heteroatoms. The number of fused-ring (bicyclic) bond motifs is 4. The molecule has 30 nitrogen and oxygen atoms in total. The van der Waals surface area contributed by atoms with Crippen molar-refractivity contribution in [3.05, 3.63) is 62.2 Å². The van der Waals surface area contributed by atoms with Crippen molar-refractivity contribution in [1.29, 1.82) is 0 Å². The number of benzene rings is 1. The Kier molecular flexibility index (Phi) is 19.3. The van der Waals surface area contributed by atoms with Crippen LogP contribution in [0, 0.1) is 30.2 Å². The van der Waals surface area contributed by atoms with Crippen LogP contribution in [0.3, 0.4) is 0 Å². The van der Waals surface area contributed by atoms with Gasteiger partial charge < -0.3 is 73.4 Å². The van der Waals surface area contributed by atoms with Crippen molar-refractivity contribution in [2.75, 3.05) is 104 Å². The molecule has 79 heavy (non-hydrogen) atoms. The molecule has 0 spiro atoms. The number of hydrogen-bond acceptors (Lipinski definition) is 25. The van der Waals surface area contributed by atoms with E-state index in [4.69, 9.17) is 62.7 Å². The number of rotatable bonds is 22. The summed E-state index contributed by atoms with van der Waals surface area (Å²) in [5, 5.41) is 14.4. The van der Waals surface area contributed by atoms with Crippen LogP contribution in [0.15, 0.2) is 22.2 Å². The molecule has 4 unspecified atom stereocenters. The van der Waals surface area contributed by atoms with E-state index < -0.39 is 141 Å². The average molecular weight is 1170 g/mol. The monoisotopic (exact) mass is 1170 g/mol. The second-order valence-corrected chi connectivity index (χ2v) is 21.8. The van der Waals surface area contributed by atoms with Crippen LogP contribution in [0.25, 0.3) is 22.3 Å². The lowest BCUT2D eigenvalue weighted by Gasteiger charge is -2.30. The quantitative estimate of drug-likeness (QED) is 0.0106. The summed E-state index contributed by atoms with van der Waals surface area (Å²) >= 11 is 0. The van der Waals surface area contributed by atoms with Gasteiger partial charge in [0.25, 0.3) is 11.1 Å². The van der Waals surface area contributed by atoms with Crippen LogP contribution in [-0.2, 0) is 70.0 Å². The first-order valence-electron chi connectivity index (χ1n) is 24.1. The second-order valence-electron chi connectivity index (χ2n) is 17.8. The van der Waals surface area contributed by atoms with E-state index in [1.807, 2.05) is 0 Å². The van der Waals surface area contributed by atoms with Gasteiger partial charge in [0.15, 0.2) is 52.2 Å². The molecule has 1 aromatic carbocycles. The van der Waals surface area contributed by atoms with E-state index in [1.165, 1.54) is 21.8 Å². The van der Waals surface area contributed by atoms with Crippen molar-refractivity contribution < 1.29 is 97.4 Å². The van der Waals surface area contributed by atoms with E-state index in [-0.39, 0.29) is 107 Å². The first kappa shape index (κ1) is 59.3. The molecule has 5 aromatic rings. The summed E-state index contributed by atoms with van der Waals surface area (Å²) in [5.74, 6) is -10.8. The van der Waals surface area contributed by atoms with Gasteiger partial charge in [-0.1, -0.05) is 0 Å². The Morgan fingerprint density at radius 1 is 0.696 bits per heavy atom. The molecule has 3 saturated heterocycles. The lowest BCUT2D eigenvalue weighted by Crippen LogP contribution is -2.48. The van der Waals surface area contributed by atoms with Crippen molar-refractivity contribution in [2.45, 2.75) is 68.8 Å². The number of imidazole rings is 2. The predicted octanol–water partition coefficient (Wildman–Crippen LogP) is 0.854. The molecule has 0 bridgehead atoms. The second kappa shape index (κ2) is 25.7. The number of aliphatic hydroxyl groups excluding tert-OH is 1. The van der Waals surface area contributed by atoms with Crippen LogP contribution >= 0.6 is 15.2 Å². The van der Waals surface area contributed by atoms with Gasteiger partial charge in [-0.25, -0.2) is 23.1 Å². The molecule has 7 heterocycles. The summed E-state index contributed by atoms with van der Waals surface area (Å²) in [6, 6.07) is -1.28. The number of nitrogens with zero attached hydrogens (tertiary/aromatic N) is 6. The van der Waals surface area contributed by atoms with Gasteiger partial charge in [-0.15, -0.1) is 0 Å². The molecule has 8 rings (SSSR count). The molecule has 1 amide bonds. The van der Waals surface area contributed by atoms with Crippen molar-refractivity contribution in [3.8, 4) is 5.75 Å². The third-order valence-corrected chi connectivity index (χ3v) is 14.6. The van der Waals surface area contributed by atoms with Gasteiger partial charge in [0.05, 0.1) is 98.4 Å². The molecule has 3 aliphatic rings. The first-order chi connectivity index (χ1) is 37.6. The van der Waals surface area contributed by atoms with E-state index in [0.717, 1.165) is 20.3 Å². The number of anilines is 2. The minimum atomic E-state index is -4.24. The minimum absolute atomic E-state index is 0.0473. The topological polar surface area (TPSA) is 390 Å². The highest BCUT2D eigenvalue weighted by molar-refractivity contribution is 7.53. The number of carbonyl (C=O) groups excluding carboxylic acids is 2. The fourth-order valence-electron chi connectivity index (χ4n) is 8.33. The van der Waals surface area contributed by atoms with Crippen molar-refractivity contribution in [3.63, 3.8) is 0 Å². The summed E-state index contributed by atoms with van der Waals surface area (Å²) in [4.78, 5) is 72.0. The van der Waals surface area contributed by atoms with Crippen molar-refractivity contribution in [2.24, 2.45) is 0 Å². The number of nitrogens with one attached hydrogen (secondary N) is 3. The molecule has 3 aliphatic heterocycles. The maximum Gasteiger partial charge on any atom is 0.328 e. The summed E-state index contributed by atoms with van der Waals surface area (Å²) in [7, 11) is -8.44. The Balaban J connectivity index is 0.791. The van der Waals surface area contributed by atoms with Crippen LogP contribution in [0.4, 0.5) is 29.5 Å². The lowest BCUT2D eigenvalue weighted by molar-refractivity contribution is -0.136. The van der Waals surface area contributed by atoms with E-state index >= 15 is 0 Å². The number of nitrogen functional groups attached to an aromatic ring is 2. The summed E-state index contributed by atoms with van der Waals surface area (Å²) in [6.45, 7) is 2.78. The van der Waals surface area contributed by atoms with Crippen LogP contribution < -0.4 is 32.6 Å². The third-order valence-electron chi connectivity index (χ3n) is 12.1. The predicted molar refractivity (Wildman–Crippen MR) is 260 cm³/mol. The molecule has 0 radical (unpaired) electrons. The number of nitrogens with two attached hydrogens (primary N) is 2. The van der Waals surface area contributed by atoms with Crippen molar-refractivity contribution in [1.82, 2.24) is 44.4 Å². The summed E-state index contributed by atoms with van der Waals surface area (Å²) < 4.78 is 154. The normalized spacial score (nSPS) is 26.4. The van der Waals surface area contributed by atoms with Crippen LogP contribution in [0.2, 0.25) is 0 Å². The Hall–Kier alpha value is -5.84. The molecule has 10 atom stereocenters. The molecule has 0 saturated carbocycles. The van der Waals surface area contributed by atoms with Gasteiger partial charge >= 0.3 is 21.2 Å². The highest BCUT2D eigenvalue weighted by Gasteiger charge is 2.53. The van der Waals surface area contributed by atoms with E-state index in [1.54, 1.807) is 0 Å². The van der Waals surface area contributed by atoms with E-state index in [9.17, 15) is 51.0 Å². The van der Waals surface area contributed by atoms with Gasteiger partial charge in [-0.3, -0.25) is 51.9 Å². The molecule has 3 fully saturated rings. The fraction of sp³-hybridized carbons (Fsp3) is 0.581. The van der Waals surface area contributed by atoms with Gasteiger partial charge in [0, 0.05) is 25.3 Å². The number of carbonyl (C=O) groups is 2. The zero-order valence-corrected chi connectivity index (χ0v) is 44.0. The maximum atomic E-state index is 14.3. The largest absolute Gasteiger partial charge is 0.420 e.